The minimum atomic E-state index is -1.53. The summed E-state index contributed by atoms with van der Waals surface area (Å²) >= 11 is 0. The number of carboxylic acid groups (broad SMARTS) is 2. The second-order valence-corrected chi connectivity index (χ2v) is 7.73. The van der Waals surface area contributed by atoms with E-state index in [-0.39, 0.29) is 25.3 Å². The number of aliphatic hydroxyl groups is 1. The molecule has 15 heteroatoms. The van der Waals surface area contributed by atoms with E-state index in [9.17, 15) is 34.2 Å². The summed E-state index contributed by atoms with van der Waals surface area (Å²) in [5.41, 5.74) is 10.5. The molecule has 192 valence electrons. The van der Waals surface area contributed by atoms with Crippen LogP contribution in [0.4, 0.5) is 0 Å². The monoisotopic (exact) mass is 487 g/mol. The Morgan fingerprint density at radius 2 is 1.62 bits per heavy atom. The van der Waals surface area contributed by atoms with E-state index in [0.717, 1.165) is 6.42 Å². The number of hydrogen-bond donors (Lipinski definition) is 9. The number of carbonyl (C=O) groups is 5. The fourth-order valence-electron chi connectivity index (χ4n) is 3.22. The van der Waals surface area contributed by atoms with Crippen LogP contribution in [0.1, 0.15) is 38.5 Å². The van der Waals surface area contributed by atoms with E-state index in [1.165, 1.54) is 0 Å². The lowest BCUT2D eigenvalue weighted by Crippen LogP contribution is -2.58. The summed E-state index contributed by atoms with van der Waals surface area (Å²) in [6, 6.07) is -4.59. The van der Waals surface area contributed by atoms with Gasteiger partial charge in [0.05, 0.1) is 12.6 Å². The quantitative estimate of drug-likeness (QED) is 0.0614. The molecule has 0 bridgehead atoms. The molecule has 1 fully saturated rings. The zero-order valence-electron chi connectivity index (χ0n) is 18.7. The van der Waals surface area contributed by atoms with Crippen molar-refractivity contribution < 1.29 is 39.3 Å². The van der Waals surface area contributed by atoms with E-state index in [0.29, 0.717) is 19.4 Å². The lowest BCUT2D eigenvalue weighted by Gasteiger charge is -2.24. The summed E-state index contributed by atoms with van der Waals surface area (Å²) in [7, 11) is 0. The van der Waals surface area contributed by atoms with Gasteiger partial charge in [-0.15, -0.1) is 0 Å². The molecule has 0 aliphatic carbocycles. The van der Waals surface area contributed by atoms with E-state index in [1.54, 1.807) is 0 Å². The van der Waals surface area contributed by atoms with Crippen molar-refractivity contribution in [3.63, 3.8) is 0 Å². The average Bonchev–Trinajstić information content (AvgIpc) is 3.31. The molecule has 0 spiro atoms. The predicted octanol–water partition coefficient (Wildman–Crippen LogP) is -3.81. The normalized spacial score (nSPS) is 17.6. The van der Waals surface area contributed by atoms with Crippen LogP contribution < -0.4 is 32.7 Å². The molecule has 0 aromatic rings. The standard InChI is InChI=1S/C19H33N7O8/c20-19(21)23-8-2-4-11(24-15(30)10-3-1-7-22-10)16(31)26-13(9-27)17(32)25-12(18(33)34)5-6-14(28)29/h10-13,22,27H,1-9H2,(H,24,30)(H,25,32)(H,26,31)(H,28,29)(H,33,34)(H4,20,21,23). The number of guanidine groups is 1. The molecule has 1 rings (SSSR count). The van der Waals surface area contributed by atoms with E-state index >= 15 is 0 Å². The first kappa shape index (κ1) is 28.6. The number of carbonyl (C=O) groups excluding carboxylic acids is 3. The highest BCUT2D eigenvalue weighted by molar-refractivity contribution is 5.94. The minimum absolute atomic E-state index is 0.122. The molecule has 1 saturated heterocycles. The smallest absolute Gasteiger partial charge is 0.326 e. The van der Waals surface area contributed by atoms with E-state index < -0.39 is 66.9 Å². The number of carboxylic acids is 2. The number of aliphatic imine (C=N–C) groups is 1. The summed E-state index contributed by atoms with van der Waals surface area (Å²) in [6.07, 6.45) is 0.951. The SMILES string of the molecule is NC(N)=NCCCC(NC(=O)C1CCCN1)C(=O)NC(CO)C(=O)NC(CCC(=O)O)C(=O)O. The molecule has 1 aliphatic heterocycles. The predicted molar refractivity (Wildman–Crippen MR) is 118 cm³/mol. The van der Waals surface area contributed by atoms with Crippen molar-refractivity contribution in [3.8, 4) is 0 Å². The van der Waals surface area contributed by atoms with Gasteiger partial charge < -0.3 is 48.1 Å². The molecular formula is C19H33N7O8. The van der Waals surface area contributed by atoms with Crippen LogP contribution in [0, 0.1) is 0 Å². The first-order chi connectivity index (χ1) is 16.0. The molecular weight excluding hydrogens is 454 g/mol. The van der Waals surface area contributed by atoms with Crippen LogP contribution in [0.5, 0.6) is 0 Å². The first-order valence-corrected chi connectivity index (χ1v) is 10.8. The van der Waals surface area contributed by atoms with Crippen molar-refractivity contribution in [3.05, 3.63) is 0 Å². The number of nitrogens with one attached hydrogen (secondary N) is 4. The summed E-state index contributed by atoms with van der Waals surface area (Å²) in [5, 5.41) is 37.5. The summed E-state index contributed by atoms with van der Waals surface area (Å²) in [4.78, 5) is 63.5. The Labute approximate surface area is 195 Å². The summed E-state index contributed by atoms with van der Waals surface area (Å²) < 4.78 is 0. The molecule has 0 saturated carbocycles. The van der Waals surface area contributed by atoms with E-state index in [1.807, 2.05) is 0 Å². The van der Waals surface area contributed by atoms with Crippen LogP contribution in [-0.2, 0) is 24.0 Å². The third kappa shape index (κ3) is 10.4. The lowest BCUT2D eigenvalue weighted by atomic mass is 10.1. The lowest BCUT2D eigenvalue weighted by molar-refractivity contribution is -0.143. The van der Waals surface area contributed by atoms with Crippen molar-refractivity contribution in [2.75, 3.05) is 19.7 Å². The van der Waals surface area contributed by atoms with Crippen molar-refractivity contribution >= 4 is 35.6 Å². The van der Waals surface area contributed by atoms with Crippen LogP contribution in [0.3, 0.4) is 0 Å². The second kappa shape index (κ2) is 14.6. The van der Waals surface area contributed by atoms with Gasteiger partial charge in [0, 0.05) is 13.0 Å². The van der Waals surface area contributed by atoms with Gasteiger partial charge in [-0.2, -0.15) is 0 Å². The van der Waals surface area contributed by atoms with Crippen LogP contribution >= 0.6 is 0 Å². The van der Waals surface area contributed by atoms with Crippen molar-refractivity contribution in [1.82, 2.24) is 21.3 Å². The van der Waals surface area contributed by atoms with Gasteiger partial charge in [-0.3, -0.25) is 24.2 Å². The Balaban J connectivity index is 2.82. The minimum Gasteiger partial charge on any atom is -0.481 e. The zero-order chi connectivity index (χ0) is 25.7. The highest BCUT2D eigenvalue weighted by Crippen LogP contribution is 2.07. The number of hydrogen-bond acceptors (Lipinski definition) is 8. The Morgan fingerprint density at radius 3 is 2.15 bits per heavy atom. The molecule has 1 aliphatic rings. The number of nitrogens with two attached hydrogens (primary N) is 2. The van der Waals surface area contributed by atoms with E-state index in [4.69, 9.17) is 16.6 Å². The topological polar surface area (TPSA) is 259 Å². The number of amides is 3. The Bertz CT molecular complexity index is 766. The van der Waals surface area contributed by atoms with Crippen molar-refractivity contribution in [2.24, 2.45) is 16.5 Å². The van der Waals surface area contributed by atoms with Gasteiger partial charge >= 0.3 is 11.9 Å². The molecule has 34 heavy (non-hydrogen) atoms. The van der Waals surface area contributed by atoms with Crippen LogP contribution in [-0.4, -0.2) is 94.8 Å². The van der Waals surface area contributed by atoms with Gasteiger partial charge in [0.15, 0.2) is 5.96 Å². The number of aliphatic carboxylic acids is 2. The van der Waals surface area contributed by atoms with Crippen molar-refractivity contribution in [1.29, 1.82) is 0 Å². The maximum absolute atomic E-state index is 12.8. The van der Waals surface area contributed by atoms with Gasteiger partial charge in [-0.25, -0.2) is 4.79 Å². The third-order valence-electron chi connectivity index (χ3n) is 5.03. The van der Waals surface area contributed by atoms with Gasteiger partial charge in [0.2, 0.25) is 17.7 Å². The highest BCUT2D eigenvalue weighted by Gasteiger charge is 2.31. The molecule has 0 aromatic carbocycles. The molecule has 0 aromatic heterocycles. The molecule has 11 N–H and O–H groups in total. The van der Waals surface area contributed by atoms with E-state index in [2.05, 4.69) is 26.3 Å². The number of rotatable bonds is 15. The highest BCUT2D eigenvalue weighted by atomic mass is 16.4. The van der Waals surface area contributed by atoms with Crippen LogP contribution in [0.25, 0.3) is 0 Å². The number of nitrogens with zero attached hydrogens (tertiary/aromatic N) is 1. The number of aliphatic hydroxyl groups excluding tert-OH is 1. The molecule has 4 unspecified atom stereocenters. The van der Waals surface area contributed by atoms with Crippen molar-refractivity contribution in [2.45, 2.75) is 62.7 Å². The molecule has 15 nitrogen and oxygen atoms in total. The average molecular weight is 488 g/mol. The van der Waals surface area contributed by atoms with Gasteiger partial charge in [-0.1, -0.05) is 0 Å². The van der Waals surface area contributed by atoms with Gasteiger partial charge in [0.1, 0.15) is 18.1 Å². The Hall–Kier alpha value is -3.46. The first-order valence-electron chi connectivity index (χ1n) is 10.8. The summed E-state index contributed by atoms with van der Waals surface area (Å²) in [5.74, 6) is -5.04. The maximum atomic E-state index is 12.8. The van der Waals surface area contributed by atoms with Crippen LogP contribution in [0.15, 0.2) is 4.99 Å². The molecule has 0 radical (unpaired) electrons. The Kier molecular flexibility index (Phi) is 12.3. The van der Waals surface area contributed by atoms with Gasteiger partial charge in [0.25, 0.3) is 0 Å². The van der Waals surface area contributed by atoms with Crippen LogP contribution in [0.2, 0.25) is 0 Å². The summed E-state index contributed by atoms with van der Waals surface area (Å²) in [6.45, 7) is -0.00203. The fraction of sp³-hybridized carbons (Fsp3) is 0.684. The third-order valence-corrected chi connectivity index (χ3v) is 5.03. The fourth-order valence-corrected chi connectivity index (χ4v) is 3.22. The Morgan fingerprint density at radius 1 is 0.971 bits per heavy atom. The maximum Gasteiger partial charge on any atom is 0.326 e. The second-order valence-electron chi connectivity index (χ2n) is 7.73. The molecule has 3 amide bonds. The molecule has 1 heterocycles. The molecule has 4 atom stereocenters. The van der Waals surface area contributed by atoms with Gasteiger partial charge in [-0.05, 0) is 38.6 Å². The zero-order valence-corrected chi connectivity index (χ0v) is 18.7. The largest absolute Gasteiger partial charge is 0.481 e.